The highest BCUT2D eigenvalue weighted by Crippen LogP contribution is 2.49. The molecule has 1 aromatic carbocycles. The van der Waals surface area contributed by atoms with E-state index in [4.69, 9.17) is 15.6 Å². The Bertz CT molecular complexity index is 440. The van der Waals surface area contributed by atoms with E-state index in [1.807, 2.05) is 18.2 Å². The van der Waals surface area contributed by atoms with Crippen LogP contribution in [0, 0.1) is 0 Å². The molecule has 98 valence electrons. The van der Waals surface area contributed by atoms with E-state index in [9.17, 15) is 4.79 Å². The van der Waals surface area contributed by atoms with Gasteiger partial charge in [-0.15, -0.1) is 0 Å². The van der Waals surface area contributed by atoms with Crippen LogP contribution < -0.4 is 5.73 Å². The van der Waals surface area contributed by atoms with Gasteiger partial charge in [0.2, 0.25) is 0 Å². The quantitative estimate of drug-likeness (QED) is 0.797. The normalized spacial score (nSPS) is 18.3. The van der Waals surface area contributed by atoms with Gasteiger partial charge in [-0.3, -0.25) is 4.79 Å². The van der Waals surface area contributed by atoms with Crippen molar-refractivity contribution in [3.8, 4) is 0 Å². The Morgan fingerprint density at radius 3 is 2.72 bits per heavy atom. The molecule has 0 heterocycles. The van der Waals surface area contributed by atoms with Crippen molar-refractivity contribution in [2.75, 3.05) is 13.7 Å². The number of carboxylic acids is 1. The fourth-order valence-corrected chi connectivity index (χ4v) is 2.46. The number of hydrogen-bond acceptors (Lipinski definition) is 3. The van der Waals surface area contributed by atoms with Crippen molar-refractivity contribution >= 4 is 5.97 Å². The summed E-state index contributed by atoms with van der Waals surface area (Å²) in [5.74, 6) is -0.957. The summed E-state index contributed by atoms with van der Waals surface area (Å²) in [6, 6.07) is 7.10. The minimum Gasteiger partial charge on any atom is -0.480 e. The van der Waals surface area contributed by atoms with Crippen molar-refractivity contribution in [3.05, 3.63) is 35.4 Å². The second kappa shape index (κ2) is 5.08. The third kappa shape index (κ3) is 2.54. The number of aliphatic carboxylic acids is 1. The Morgan fingerprint density at radius 2 is 2.17 bits per heavy atom. The summed E-state index contributed by atoms with van der Waals surface area (Å²) >= 11 is 0. The molecule has 1 atom stereocenters. The molecule has 4 heteroatoms. The van der Waals surface area contributed by atoms with Gasteiger partial charge in [0.15, 0.2) is 0 Å². The van der Waals surface area contributed by atoms with Crippen molar-refractivity contribution in [1.29, 1.82) is 0 Å². The van der Waals surface area contributed by atoms with Crippen LogP contribution in [0.15, 0.2) is 24.3 Å². The molecule has 1 aliphatic carbocycles. The van der Waals surface area contributed by atoms with Crippen molar-refractivity contribution < 1.29 is 14.6 Å². The Morgan fingerprint density at radius 1 is 1.50 bits per heavy atom. The molecule has 2 rings (SSSR count). The van der Waals surface area contributed by atoms with E-state index < -0.39 is 12.0 Å². The van der Waals surface area contributed by atoms with Gasteiger partial charge in [0, 0.05) is 12.5 Å². The van der Waals surface area contributed by atoms with Crippen LogP contribution in [0.1, 0.15) is 24.0 Å². The molecule has 0 spiro atoms. The summed E-state index contributed by atoms with van der Waals surface area (Å²) in [6.07, 6.45) is 2.57. The van der Waals surface area contributed by atoms with Crippen molar-refractivity contribution in [1.82, 2.24) is 0 Å². The average Bonchev–Trinajstić information content (AvgIpc) is 3.11. The number of nitrogens with two attached hydrogens (primary N) is 1. The van der Waals surface area contributed by atoms with E-state index >= 15 is 0 Å². The molecule has 0 bridgehead atoms. The molecule has 0 aromatic heterocycles. The van der Waals surface area contributed by atoms with Crippen molar-refractivity contribution in [3.63, 3.8) is 0 Å². The first kappa shape index (κ1) is 13.1. The SMILES string of the molecule is COCC1(c2ccccc2CC(N)C(=O)O)CC1. The minimum atomic E-state index is -0.957. The zero-order valence-electron chi connectivity index (χ0n) is 10.6. The van der Waals surface area contributed by atoms with Gasteiger partial charge in [0.1, 0.15) is 6.04 Å². The number of hydrogen-bond donors (Lipinski definition) is 2. The lowest BCUT2D eigenvalue weighted by molar-refractivity contribution is -0.138. The highest BCUT2D eigenvalue weighted by Gasteiger charge is 2.45. The molecule has 1 aromatic rings. The first-order valence-corrected chi connectivity index (χ1v) is 6.15. The lowest BCUT2D eigenvalue weighted by Gasteiger charge is -2.19. The van der Waals surface area contributed by atoms with Crippen LogP contribution in [0.3, 0.4) is 0 Å². The zero-order valence-corrected chi connectivity index (χ0v) is 10.6. The Hall–Kier alpha value is -1.39. The Kier molecular flexibility index (Phi) is 3.68. The highest BCUT2D eigenvalue weighted by atomic mass is 16.5. The van der Waals surface area contributed by atoms with E-state index in [1.165, 1.54) is 5.56 Å². The van der Waals surface area contributed by atoms with Crippen LogP contribution in [0.25, 0.3) is 0 Å². The minimum absolute atomic E-state index is 0.0869. The Balaban J connectivity index is 2.23. The van der Waals surface area contributed by atoms with Crippen LogP contribution in [-0.4, -0.2) is 30.8 Å². The largest absolute Gasteiger partial charge is 0.480 e. The maximum Gasteiger partial charge on any atom is 0.320 e. The molecule has 3 N–H and O–H groups in total. The second-order valence-corrected chi connectivity index (χ2v) is 5.02. The van der Waals surface area contributed by atoms with E-state index in [0.29, 0.717) is 13.0 Å². The molecule has 0 aliphatic heterocycles. The molecule has 1 unspecified atom stereocenters. The summed E-state index contributed by atoms with van der Waals surface area (Å²) in [4.78, 5) is 10.9. The maximum absolute atomic E-state index is 10.9. The van der Waals surface area contributed by atoms with Crippen molar-refractivity contribution in [2.24, 2.45) is 5.73 Å². The van der Waals surface area contributed by atoms with Gasteiger partial charge in [0.05, 0.1) is 6.61 Å². The molecule has 0 amide bonds. The molecule has 4 nitrogen and oxygen atoms in total. The number of rotatable bonds is 6. The zero-order chi connectivity index (χ0) is 13.2. The van der Waals surface area contributed by atoms with Crippen LogP contribution in [-0.2, 0) is 21.4 Å². The first-order chi connectivity index (χ1) is 8.59. The fourth-order valence-electron chi connectivity index (χ4n) is 2.46. The summed E-state index contributed by atoms with van der Waals surface area (Å²) in [6.45, 7) is 0.687. The van der Waals surface area contributed by atoms with Crippen LogP contribution in [0.4, 0.5) is 0 Å². The standard InChI is InChI=1S/C14H19NO3/c1-18-9-14(6-7-14)11-5-3-2-4-10(11)8-12(15)13(16)17/h2-5,12H,6-9,15H2,1H3,(H,16,17). The molecule has 18 heavy (non-hydrogen) atoms. The molecule has 1 fully saturated rings. The van der Waals surface area contributed by atoms with Crippen LogP contribution in [0.2, 0.25) is 0 Å². The second-order valence-electron chi connectivity index (χ2n) is 5.02. The molecule has 1 saturated carbocycles. The summed E-state index contributed by atoms with van der Waals surface area (Å²) in [5.41, 5.74) is 7.94. The van der Waals surface area contributed by atoms with Gasteiger partial charge in [-0.05, 0) is 30.4 Å². The number of carboxylic acid groups (broad SMARTS) is 1. The average molecular weight is 249 g/mol. The lowest BCUT2D eigenvalue weighted by Crippen LogP contribution is -2.33. The monoisotopic (exact) mass is 249 g/mol. The number of benzene rings is 1. The predicted molar refractivity (Wildman–Crippen MR) is 68.5 cm³/mol. The van der Waals surface area contributed by atoms with Gasteiger partial charge in [0.25, 0.3) is 0 Å². The van der Waals surface area contributed by atoms with Gasteiger partial charge in [-0.1, -0.05) is 24.3 Å². The summed E-state index contributed by atoms with van der Waals surface area (Å²) in [7, 11) is 1.70. The van der Waals surface area contributed by atoms with Crippen LogP contribution in [0.5, 0.6) is 0 Å². The van der Waals surface area contributed by atoms with E-state index in [2.05, 4.69) is 6.07 Å². The third-order valence-electron chi connectivity index (χ3n) is 3.62. The molecular weight excluding hydrogens is 230 g/mol. The molecule has 0 radical (unpaired) electrons. The molecular formula is C14H19NO3. The van der Waals surface area contributed by atoms with Gasteiger partial charge >= 0.3 is 5.97 Å². The smallest absolute Gasteiger partial charge is 0.320 e. The van der Waals surface area contributed by atoms with Crippen molar-refractivity contribution in [2.45, 2.75) is 30.7 Å². The number of methoxy groups -OCH3 is 1. The third-order valence-corrected chi connectivity index (χ3v) is 3.62. The van der Waals surface area contributed by atoms with E-state index in [1.54, 1.807) is 7.11 Å². The summed E-state index contributed by atoms with van der Waals surface area (Å²) in [5, 5.41) is 8.91. The lowest BCUT2D eigenvalue weighted by atomic mass is 9.89. The summed E-state index contributed by atoms with van der Waals surface area (Å²) < 4.78 is 5.28. The fraction of sp³-hybridized carbons (Fsp3) is 0.500. The highest BCUT2D eigenvalue weighted by molar-refractivity contribution is 5.73. The van der Waals surface area contributed by atoms with E-state index in [-0.39, 0.29) is 5.41 Å². The molecule has 0 saturated heterocycles. The van der Waals surface area contributed by atoms with Gasteiger partial charge in [-0.2, -0.15) is 0 Å². The van der Waals surface area contributed by atoms with Crippen LogP contribution >= 0.6 is 0 Å². The Labute approximate surface area is 107 Å². The van der Waals surface area contributed by atoms with E-state index in [0.717, 1.165) is 18.4 Å². The maximum atomic E-state index is 10.9. The molecule has 1 aliphatic rings. The van der Waals surface area contributed by atoms with Gasteiger partial charge < -0.3 is 15.6 Å². The number of ether oxygens (including phenoxy) is 1. The predicted octanol–water partition coefficient (Wildman–Crippen LogP) is 1.32. The van der Waals surface area contributed by atoms with Gasteiger partial charge in [-0.25, -0.2) is 0 Å². The first-order valence-electron chi connectivity index (χ1n) is 6.15. The topological polar surface area (TPSA) is 72.5 Å². The number of carbonyl (C=O) groups is 1.